The third-order valence-electron chi connectivity index (χ3n) is 4.89. The summed E-state index contributed by atoms with van der Waals surface area (Å²) in [6.07, 6.45) is 6.36. The van der Waals surface area contributed by atoms with Gasteiger partial charge in [-0.15, -0.1) is 16.6 Å². The molecule has 1 aromatic carbocycles. The highest BCUT2D eigenvalue weighted by Gasteiger charge is 2.37. The van der Waals surface area contributed by atoms with Crippen LogP contribution < -0.4 is 4.90 Å². The highest BCUT2D eigenvalue weighted by molar-refractivity contribution is 7.09. The van der Waals surface area contributed by atoms with E-state index in [2.05, 4.69) is 30.4 Å². The van der Waals surface area contributed by atoms with E-state index in [0.29, 0.717) is 28.6 Å². The molecule has 1 aliphatic heterocycles. The molecule has 3 heterocycles. The predicted molar refractivity (Wildman–Crippen MR) is 112 cm³/mol. The van der Waals surface area contributed by atoms with Gasteiger partial charge in [0.2, 0.25) is 0 Å². The quantitative estimate of drug-likeness (QED) is 0.443. The Hall–Kier alpha value is -3.35. The van der Waals surface area contributed by atoms with Gasteiger partial charge in [-0.05, 0) is 35.8 Å². The van der Waals surface area contributed by atoms with E-state index < -0.39 is 11.6 Å². The Morgan fingerprint density at radius 2 is 2.10 bits per heavy atom. The molecule has 3 aromatic rings. The number of methoxy groups -OCH3 is 1. The Morgan fingerprint density at radius 3 is 2.77 bits per heavy atom. The van der Waals surface area contributed by atoms with Crippen LogP contribution >= 0.6 is 11.5 Å². The first-order valence-corrected chi connectivity index (χ1v) is 10.1. The van der Waals surface area contributed by atoms with Gasteiger partial charge in [-0.2, -0.15) is 4.37 Å². The Balaban J connectivity index is 1.38. The summed E-state index contributed by atoms with van der Waals surface area (Å²) in [5.41, 5.74) is 0.510. The summed E-state index contributed by atoms with van der Waals surface area (Å²) in [6.45, 7) is 1.32. The third-order valence-corrected chi connectivity index (χ3v) is 5.66. The van der Waals surface area contributed by atoms with Crippen molar-refractivity contribution in [3.8, 4) is 23.0 Å². The number of terminal acetylenes is 1. The Labute approximate surface area is 178 Å². The number of hydrogen-bond donors (Lipinski definition) is 0. The first-order valence-electron chi connectivity index (χ1n) is 9.29. The number of anilines is 1. The van der Waals surface area contributed by atoms with Gasteiger partial charge < -0.3 is 14.4 Å². The second kappa shape index (κ2) is 8.57. The number of nitrogens with zero attached hydrogens (tertiary/aromatic N) is 5. The van der Waals surface area contributed by atoms with Crippen molar-refractivity contribution in [1.82, 2.24) is 19.6 Å². The second-order valence-corrected chi connectivity index (χ2v) is 7.50. The number of rotatable bonds is 6. The van der Waals surface area contributed by atoms with Crippen LogP contribution in [0.5, 0.6) is 0 Å². The van der Waals surface area contributed by atoms with Gasteiger partial charge in [-0.1, -0.05) is 24.1 Å². The lowest BCUT2D eigenvalue weighted by atomic mass is 10.1. The van der Waals surface area contributed by atoms with E-state index >= 15 is 0 Å². The van der Waals surface area contributed by atoms with Crippen LogP contribution in [0.1, 0.15) is 22.6 Å². The zero-order chi connectivity index (χ0) is 21.0. The molecule has 0 N–H and O–H groups in total. The zero-order valence-corrected chi connectivity index (χ0v) is 17.1. The van der Waals surface area contributed by atoms with E-state index in [1.807, 2.05) is 18.2 Å². The molecule has 0 saturated carbocycles. The highest BCUT2D eigenvalue weighted by Crippen LogP contribution is 2.28. The van der Waals surface area contributed by atoms with Crippen molar-refractivity contribution < 1.29 is 14.3 Å². The average molecular weight is 421 g/mol. The van der Waals surface area contributed by atoms with E-state index in [1.54, 1.807) is 31.4 Å². The summed E-state index contributed by atoms with van der Waals surface area (Å²) in [7, 11) is 1.63. The Morgan fingerprint density at radius 1 is 1.27 bits per heavy atom. The molecular formula is C21H19N5O3S. The van der Waals surface area contributed by atoms with Gasteiger partial charge in [0.1, 0.15) is 11.3 Å². The van der Waals surface area contributed by atoms with E-state index in [-0.39, 0.29) is 6.61 Å². The molecular weight excluding hydrogens is 402 g/mol. The van der Waals surface area contributed by atoms with Gasteiger partial charge in [0, 0.05) is 20.1 Å². The predicted octanol–water partition coefficient (Wildman–Crippen LogP) is 2.58. The molecule has 152 valence electrons. The largest absolute Gasteiger partial charge is 0.454 e. The minimum absolute atomic E-state index is 0.00525. The molecule has 0 radical (unpaired) electrons. The Kier molecular flexibility index (Phi) is 5.70. The van der Waals surface area contributed by atoms with Gasteiger partial charge in [0.15, 0.2) is 23.3 Å². The molecule has 1 unspecified atom stereocenters. The van der Waals surface area contributed by atoms with Crippen LogP contribution in [0.3, 0.4) is 0 Å². The van der Waals surface area contributed by atoms with Gasteiger partial charge >= 0.3 is 5.97 Å². The third kappa shape index (κ3) is 4.15. The van der Waals surface area contributed by atoms with Crippen LogP contribution in [-0.2, 0) is 16.1 Å². The van der Waals surface area contributed by atoms with Crippen LogP contribution in [-0.4, -0.2) is 51.3 Å². The first kappa shape index (κ1) is 19.9. The molecule has 4 rings (SSSR count). The van der Waals surface area contributed by atoms with Gasteiger partial charge in [-0.25, -0.2) is 9.78 Å². The lowest BCUT2D eigenvalue weighted by Gasteiger charge is -2.22. The molecule has 1 fully saturated rings. The maximum absolute atomic E-state index is 12.0. The van der Waals surface area contributed by atoms with Gasteiger partial charge in [0.25, 0.3) is 0 Å². The normalized spacial score (nSPS) is 18.2. The van der Waals surface area contributed by atoms with Crippen molar-refractivity contribution in [3.05, 3.63) is 53.9 Å². The fourth-order valence-electron chi connectivity index (χ4n) is 3.13. The van der Waals surface area contributed by atoms with E-state index in [4.69, 9.17) is 15.9 Å². The molecule has 8 nitrogen and oxygen atoms in total. The maximum atomic E-state index is 12.0. The molecule has 30 heavy (non-hydrogen) atoms. The van der Waals surface area contributed by atoms with E-state index in [9.17, 15) is 4.79 Å². The van der Waals surface area contributed by atoms with Crippen molar-refractivity contribution in [2.24, 2.45) is 0 Å². The fraction of sp³-hybridized carbons (Fsp3) is 0.286. The smallest absolute Gasteiger partial charge is 0.338 e. The number of benzene rings is 1. The fourth-order valence-corrected chi connectivity index (χ4v) is 3.77. The van der Waals surface area contributed by atoms with Crippen molar-refractivity contribution in [2.75, 3.05) is 25.1 Å². The molecule has 0 aliphatic carbocycles. The standard InChI is InChI=1S/C21H19N5O3S/c1-3-21(28-2)11-12-26(14-21)18-10-9-16(23-24-18)19-22-17(25-30-19)13-29-20(27)15-7-5-4-6-8-15/h1,4-10H,11-14H2,2H3. The van der Waals surface area contributed by atoms with Crippen LogP contribution in [0.25, 0.3) is 10.7 Å². The number of carbonyl (C=O) groups is 1. The number of ether oxygens (including phenoxy) is 2. The first-order chi connectivity index (χ1) is 14.6. The van der Waals surface area contributed by atoms with Crippen molar-refractivity contribution in [3.63, 3.8) is 0 Å². The Bertz CT molecular complexity index is 1060. The van der Waals surface area contributed by atoms with E-state index in [1.165, 1.54) is 11.5 Å². The molecule has 1 atom stereocenters. The monoisotopic (exact) mass is 421 g/mol. The van der Waals surface area contributed by atoms with E-state index in [0.717, 1.165) is 18.8 Å². The topological polar surface area (TPSA) is 90.3 Å². The average Bonchev–Trinajstić information content (AvgIpc) is 3.46. The number of esters is 1. The summed E-state index contributed by atoms with van der Waals surface area (Å²) in [6, 6.07) is 12.5. The molecule has 1 saturated heterocycles. The van der Waals surface area contributed by atoms with Crippen molar-refractivity contribution in [1.29, 1.82) is 0 Å². The summed E-state index contributed by atoms with van der Waals surface area (Å²) < 4.78 is 15.0. The number of aromatic nitrogens is 4. The minimum atomic E-state index is -0.578. The maximum Gasteiger partial charge on any atom is 0.338 e. The minimum Gasteiger partial charge on any atom is -0.454 e. The molecule has 2 aromatic heterocycles. The zero-order valence-electron chi connectivity index (χ0n) is 16.3. The van der Waals surface area contributed by atoms with Crippen LogP contribution in [0, 0.1) is 12.3 Å². The SMILES string of the molecule is C#CC1(OC)CCN(c2ccc(-c3nc(COC(=O)c4ccccc4)ns3)nn2)C1. The van der Waals surface area contributed by atoms with Crippen LogP contribution in [0.2, 0.25) is 0 Å². The summed E-state index contributed by atoms with van der Waals surface area (Å²) >= 11 is 1.18. The number of carbonyl (C=O) groups excluding carboxylic acids is 1. The molecule has 9 heteroatoms. The summed E-state index contributed by atoms with van der Waals surface area (Å²) in [5.74, 6) is 3.47. The summed E-state index contributed by atoms with van der Waals surface area (Å²) in [5, 5.41) is 9.17. The van der Waals surface area contributed by atoms with Crippen LogP contribution in [0.15, 0.2) is 42.5 Å². The molecule has 0 spiro atoms. The lowest BCUT2D eigenvalue weighted by Crippen LogP contribution is -2.34. The van der Waals surface area contributed by atoms with Gasteiger partial charge in [0.05, 0.1) is 12.1 Å². The molecule has 0 bridgehead atoms. The lowest BCUT2D eigenvalue weighted by molar-refractivity contribution is 0.0463. The van der Waals surface area contributed by atoms with Crippen LogP contribution in [0.4, 0.5) is 5.82 Å². The van der Waals surface area contributed by atoms with Gasteiger partial charge in [-0.3, -0.25) is 0 Å². The van der Waals surface area contributed by atoms with Crippen molar-refractivity contribution in [2.45, 2.75) is 18.6 Å². The number of hydrogen-bond acceptors (Lipinski definition) is 9. The molecule has 1 aliphatic rings. The van der Waals surface area contributed by atoms with Crippen molar-refractivity contribution >= 4 is 23.3 Å². The highest BCUT2D eigenvalue weighted by atomic mass is 32.1. The molecule has 0 amide bonds. The second-order valence-electron chi connectivity index (χ2n) is 6.75. The summed E-state index contributed by atoms with van der Waals surface area (Å²) in [4.78, 5) is 18.5.